The Morgan fingerprint density at radius 3 is 2.86 bits per heavy atom. The summed E-state index contributed by atoms with van der Waals surface area (Å²) >= 11 is 0. The first-order valence-electron chi connectivity index (χ1n) is 8.74. The molecule has 0 saturated heterocycles. The van der Waals surface area contributed by atoms with E-state index in [-0.39, 0.29) is 6.10 Å². The molecule has 1 aromatic rings. The Hall–Kier alpha value is -1.22. The number of nitrogens with zero attached hydrogens (tertiary/aromatic N) is 1. The highest BCUT2D eigenvalue weighted by molar-refractivity contribution is 5.46. The quantitative estimate of drug-likeness (QED) is 0.801. The second-order valence-corrected chi connectivity index (χ2v) is 7.43. The molecule has 3 heteroatoms. The Bertz CT molecular complexity index is 540. The van der Waals surface area contributed by atoms with Gasteiger partial charge in [-0.2, -0.15) is 0 Å². The standard InChI is InChI=1S/C19H27NO2/c1-12-3-7-19-17-10-6-15(20-22)11-14(17)5-9-18(19)16(12)8-4-13(2)21/h6,10-13,16,18-19,21H,3-5,7-9H2,1-2H3. The van der Waals surface area contributed by atoms with Crippen LogP contribution in [0.2, 0.25) is 0 Å². The van der Waals surface area contributed by atoms with Crippen LogP contribution in [0.3, 0.4) is 0 Å². The number of fused-ring (bicyclic) bond motifs is 3. The Kier molecular flexibility index (Phi) is 4.62. The number of hydrogen-bond acceptors (Lipinski definition) is 3. The minimum absolute atomic E-state index is 0.190. The minimum Gasteiger partial charge on any atom is -0.393 e. The SMILES string of the molecule is CC(O)CCC1C(C)CCC2c3ccc(N=O)cc3CCC21. The molecule has 0 aliphatic heterocycles. The zero-order valence-electron chi connectivity index (χ0n) is 13.7. The van der Waals surface area contributed by atoms with E-state index < -0.39 is 0 Å². The van der Waals surface area contributed by atoms with Crippen molar-refractivity contribution in [2.75, 3.05) is 0 Å². The van der Waals surface area contributed by atoms with Gasteiger partial charge in [0.25, 0.3) is 0 Å². The van der Waals surface area contributed by atoms with E-state index in [9.17, 15) is 10.0 Å². The summed E-state index contributed by atoms with van der Waals surface area (Å²) in [5, 5.41) is 12.7. The monoisotopic (exact) mass is 301 g/mol. The van der Waals surface area contributed by atoms with Gasteiger partial charge in [0.05, 0.1) is 6.10 Å². The van der Waals surface area contributed by atoms with Gasteiger partial charge >= 0.3 is 0 Å². The summed E-state index contributed by atoms with van der Waals surface area (Å²) in [4.78, 5) is 10.7. The molecule has 1 saturated carbocycles. The molecule has 2 aliphatic rings. The lowest BCUT2D eigenvalue weighted by Crippen LogP contribution is -2.36. The summed E-state index contributed by atoms with van der Waals surface area (Å²) in [6.45, 7) is 4.28. The van der Waals surface area contributed by atoms with Crippen LogP contribution in [-0.4, -0.2) is 11.2 Å². The predicted molar refractivity (Wildman–Crippen MR) is 89.3 cm³/mol. The molecular weight excluding hydrogens is 274 g/mol. The average molecular weight is 301 g/mol. The van der Waals surface area contributed by atoms with E-state index in [1.54, 1.807) is 0 Å². The lowest BCUT2D eigenvalue weighted by Gasteiger charge is -2.46. The van der Waals surface area contributed by atoms with E-state index in [4.69, 9.17) is 0 Å². The van der Waals surface area contributed by atoms with Gasteiger partial charge in [-0.1, -0.05) is 13.0 Å². The summed E-state index contributed by atoms with van der Waals surface area (Å²) in [5.41, 5.74) is 3.35. The molecule has 3 rings (SSSR count). The summed E-state index contributed by atoms with van der Waals surface area (Å²) in [6.07, 6.45) is 6.69. The molecule has 1 aromatic carbocycles. The molecule has 3 nitrogen and oxygen atoms in total. The fraction of sp³-hybridized carbons (Fsp3) is 0.684. The predicted octanol–water partition coefficient (Wildman–Crippen LogP) is 4.94. The van der Waals surface area contributed by atoms with Crippen LogP contribution in [0.15, 0.2) is 23.4 Å². The normalized spacial score (nSPS) is 32.0. The number of aryl methyl sites for hydroxylation is 1. The topological polar surface area (TPSA) is 49.7 Å². The van der Waals surface area contributed by atoms with Gasteiger partial charge < -0.3 is 5.11 Å². The third kappa shape index (κ3) is 2.96. The van der Waals surface area contributed by atoms with Crippen molar-refractivity contribution in [1.29, 1.82) is 0 Å². The molecule has 0 spiro atoms. The summed E-state index contributed by atoms with van der Waals surface area (Å²) in [6, 6.07) is 6.00. The average Bonchev–Trinajstić information content (AvgIpc) is 2.52. The van der Waals surface area contributed by atoms with Crippen LogP contribution in [0.1, 0.15) is 63.0 Å². The van der Waals surface area contributed by atoms with Gasteiger partial charge in [-0.25, -0.2) is 0 Å². The lowest BCUT2D eigenvalue weighted by atomic mass is 9.59. The van der Waals surface area contributed by atoms with E-state index >= 15 is 0 Å². The van der Waals surface area contributed by atoms with Gasteiger partial charge in [0.2, 0.25) is 0 Å². The molecule has 22 heavy (non-hydrogen) atoms. The number of aliphatic hydroxyl groups is 1. The molecule has 0 heterocycles. The van der Waals surface area contributed by atoms with Crippen LogP contribution in [0.25, 0.3) is 0 Å². The van der Waals surface area contributed by atoms with Crippen molar-refractivity contribution in [2.45, 2.75) is 64.4 Å². The van der Waals surface area contributed by atoms with Crippen molar-refractivity contribution >= 4 is 5.69 Å². The largest absolute Gasteiger partial charge is 0.393 e. The van der Waals surface area contributed by atoms with Crippen LogP contribution >= 0.6 is 0 Å². The van der Waals surface area contributed by atoms with E-state index in [1.807, 2.05) is 19.1 Å². The first kappa shape index (κ1) is 15.7. The molecule has 1 fully saturated rings. The van der Waals surface area contributed by atoms with Crippen LogP contribution in [0, 0.1) is 22.7 Å². The third-order valence-corrected chi connectivity index (χ3v) is 6.03. The van der Waals surface area contributed by atoms with E-state index in [0.29, 0.717) is 11.6 Å². The van der Waals surface area contributed by atoms with Crippen LogP contribution in [-0.2, 0) is 6.42 Å². The number of aliphatic hydroxyl groups excluding tert-OH is 1. The molecule has 0 radical (unpaired) electrons. The fourth-order valence-corrected chi connectivity index (χ4v) is 4.87. The number of hydrogen-bond donors (Lipinski definition) is 1. The third-order valence-electron chi connectivity index (χ3n) is 6.03. The van der Waals surface area contributed by atoms with Crippen molar-refractivity contribution < 1.29 is 5.11 Å². The molecule has 5 unspecified atom stereocenters. The Balaban J connectivity index is 1.83. The Morgan fingerprint density at radius 2 is 2.14 bits per heavy atom. The van der Waals surface area contributed by atoms with Crippen molar-refractivity contribution in [1.82, 2.24) is 0 Å². The molecule has 5 atom stereocenters. The Labute approximate surface area is 133 Å². The molecule has 120 valence electrons. The second-order valence-electron chi connectivity index (χ2n) is 7.43. The highest BCUT2D eigenvalue weighted by Gasteiger charge is 2.40. The maximum absolute atomic E-state index is 10.7. The zero-order chi connectivity index (χ0) is 15.7. The van der Waals surface area contributed by atoms with Crippen molar-refractivity contribution in [3.8, 4) is 0 Å². The first-order chi connectivity index (χ1) is 10.6. The molecule has 0 aromatic heterocycles. The Morgan fingerprint density at radius 1 is 1.32 bits per heavy atom. The van der Waals surface area contributed by atoms with Gasteiger partial charge in [0.1, 0.15) is 5.69 Å². The highest BCUT2D eigenvalue weighted by Crippen LogP contribution is 2.51. The van der Waals surface area contributed by atoms with E-state index in [2.05, 4.69) is 18.2 Å². The van der Waals surface area contributed by atoms with Gasteiger partial charge in [-0.05, 0) is 97.6 Å². The number of nitroso groups, excluding NO2 is 1. The summed E-state index contributed by atoms with van der Waals surface area (Å²) < 4.78 is 0. The van der Waals surface area contributed by atoms with Gasteiger partial charge in [-0.3, -0.25) is 0 Å². The maximum Gasteiger partial charge on any atom is 0.108 e. The summed E-state index contributed by atoms with van der Waals surface area (Å²) in [7, 11) is 0. The molecule has 1 N–H and O–H groups in total. The number of benzene rings is 1. The van der Waals surface area contributed by atoms with Crippen LogP contribution in [0.5, 0.6) is 0 Å². The fourth-order valence-electron chi connectivity index (χ4n) is 4.87. The van der Waals surface area contributed by atoms with Crippen molar-refractivity contribution in [2.24, 2.45) is 22.9 Å². The number of rotatable bonds is 4. The van der Waals surface area contributed by atoms with Crippen LogP contribution < -0.4 is 0 Å². The van der Waals surface area contributed by atoms with Crippen LogP contribution in [0.4, 0.5) is 5.69 Å². The van der Waals surface area contributed by atoms with E-state index in [0.717, 1.165) is 37.0 Å². The molecular formula is C19H27NO2. The minimum atomic E-state index is -0.190. The maximum atomic E-state index is 10.7. The van der Waals surface area contributed by atoms with Gasteiger partial charge in [-0.15, -0.1) is 4.91 Å². The van der Waals surface area contributed by atoms with Gasteiger partial charge in [0, 0.05) is 0 Å². The lowest BCUT2D eigenvalue weighted by molar-refractivity contribution is 0.0919. The first-order valence-corrected chi connectivity index (χ1v) is 8.74. The van der Waals surface area contributed by atoms with Gasteiger partial charge in [0.15, 0.2) is 0 Å². The highest BCUT2D eigenvalue weighted by atomic mass is 16.3. The molecule has 0 bridgehead atoms. The van der Waals surface area contributed by atoms with E-state index in [1.165, 1.54) is 30.4 Å². The van der Waals surface area contributed by atoms with Crippen molar-refractivity contribution in [3.63, 3.8) is 0 Å². The zero-order valence-corrected chi connectivity index (χ0v) is 13.7. The molecule has 2 aliphatic carbocycles. The molecule has 0 amide bonds. The smallest absolute Gasteiger partial charge is 0.108 e. The second kappa shape index (κ2) is 6.49. The summed E-state index contributed by atoms with van der Waals surface area (Å²) in [5.74, 6) is 2.87. The van der Waals surface area contributed by atoms with Crippen molar-refractivity contribution in [3.05, 3.63) is 34.2 Å².